The quantitative estimate of drug-likeness (QED) is 0.167. The van der Waals surface area contributed by atoms with Gasteiger partial charge in [-0.15, -0.1) is 0 Å². The van der Waals surface area contributed by atoms with Crippen LogP contribution >= 0.6 is 0 Å². The summed E-state index contributed by atoms with van der Waals surface area (Å²) in [5.74, 6) is 0. The maximum absolute atomic E-state index is 11.6. The van der Waals surface area contributed by atoms with Crippen molar-refractivity contribution in [3.63, 3.8) is 0 Å². The van der Waals surface area contributed by atoms with E-state index in [2.05, 4.69) is 270 Å². The number of nitriles is 2. The van der Waals surface area contributed by atoms with Crippen molar-refractivity contribution in [2.75, 3.05) is 0 Å². The second kappa shape index (κ2) is 15.8. The molecule has 0 saturated carbocycles. The van der Waals surface area contributed by atoms with E-state index >= 15 is 0 Å². The van der Waals surface area contributed by atoms with Gasteiger partial charge in [-0.2, -0.15) is 10.5 Å². The Morgan fingerprint density at radius 3 is 1.14 bits per heavy atom. The predicted molar refractivity (Wildman–Crippen MR) is 299 cm³/mol. The van der Waals surface area contributed by atoms with Gasteiger partial charge in [-0.3, -0.25) is 0 Å². The van der Waals surface area contributed by atoms with Crippen molar-refractivity contribution in [1.29, 1.82) is 10.5 Å². The van der Waals surface area contributed by atoms with Crippen molar-refractivity contribution < 1.29 is 0 Å². The molecule has 4 heteroatoms. The molecule has 0 N–H and O–H groups in total. The van der Waals surface area contributed by atoms with Gasteiger partial charge >= 0.3 is 0 Å². The summed E-state index contributed by atoms with van der Waals surface area (Å²) in [6, 6.07) is 97.0. The van der Waals surface area contributed by atoms with E-state index < -0.39 is 10.8 Å². The van der Waals surface area contributed by atoms with E-state index in [0.29, 0.717) is 16.8 Å². The van der Waals surface area contributed by atoms with Gasteiger partial charge in [-0.1, -0.05) is 206 Å². The predicted octanol–water partition coefficient (Wildman–Crippen LogP) is 16.4. The lowest BCUT2D eigenvalue weighted by molar-refractivity contribution is 0.769. The van der Waals surface area contributed by atoms with Gasteiger partial charge in [0.2, 0.25) is 0 Å². The van der Waals surface area contributed by atoms with E-state index in [1.807, 2.05) is 6.07 Å². The summed E-state index contributed by atoms with van der Waals surface area (Å²) >= 11 is 0. The van der Waals surface area contributed by atoms with Crippen LogP contribution in [-0.4, -0.2) is 9.13 Å². The number of para-hydroxylation sites is 2. The normalized spacial score (nSPS) is 13.6. The minimum atomic E-state index is -0.659. The molecule has 0 atom stereocenters. The lowest BCUT2D eigenvalue weighted by atomic mass is 9.67. The van der Waals surface area contributed by atoms with E-state index in [-0.39, 0.29) is 0 Å². The van der Waals surface area contributed by atoms with Crippen LogP contribution in [0, 0.1) is 22.7 Å². The minimum Gasteiger partial charge on any atom is -0.307 e. The maximum Gasteiger partial charge on any atom is 0.103 e. The molecule has 15 rings (SSSR count). The third-order valence-electron chi connectivity index (χ3n) is 16.4. The highest BCUT2D eigenvalue weighted by atomic mass is 15.1. The Morgan fingerprint density at radius 1 is 0.297 bits per heavy atom. The number of hydrogen-bond donors (Lipinski definition) is 0. The molecule has 2 heterocycles. The fraction of sp³-hybridized carbons (Fsp3) is 0.0286. The van der Waals surface area contributed by atoms with Gasteiger partial charge in [0, 0.05) is 21.5 Å². The monoisotopic (exact) mass is 938 g/mol. The topological polar surface area (TPSA) is 57.4 Å². The number of benzene rings is 11. The Kier molecular flexibility index (Phi) is 8.89. The van der Waals surface area contributed by atoms with E-state index in [1.165, 1.54) is 61.2 Å². The second-order valence-corrected chi connectivity index (χ2v) is 19.7. The molecule has 2 aliphatic carbocycles. The average Bonchev–Trinajstić information content (AvgIpc) is 4.27. The Balaban J connectivity index is 1.09. The van der Waals surface area contributed by atoms with Crippen LogP contribution in [0.25, 0.3) is 77.2 Å². The number of hydrogen-bond acceptors (Lipinski definition) is 2. The molecule has 4 nitrogen and oxygen atoms in total. The molecule has 11 aromatic carbocycles. The molecule has 0 spiro atoms. The zero-order valence-corrected chi connectivity index (χ0v) is 40.0. The fourth-order valence-corrected chi connectivity index (χ4v) is 13.5. The molecule has 2 aliphatic rings. The fourth-order valence-electron chi connectivity index (χ4n) is 13.5. The van der Waals surface area contributed by atoms with Crippen LogP contribution in [0.5, 0.6) is 0 Å². The molecule has 0 radical (unpaired) electrons. The molecule has 342 valence electrons. The van der Waals surface area contributed by atoms with Crippen molar-refractivity contribution in [2.45, 2.75) is 10.8 Å². The number of nitrogens with zero attached hydrogens (tertiary/aromatic N) is 4. The third-order valence-corrected chi connectivity index (χ3v) is 16.4. The Labute approximate surface area is 428 Å². The van der Waals surface area contributed by atoms with E-state index in [9.17, 15) is 10.5 Å². The highest BCUT2D eigenvalue weighted by Gasteiger charge is 2.48. The van der Waals surface area contributed by atoms with Crippen LogP contribution in [0.4, 0.5) is 0 Å². The van der Waals surface area contributed by atoms with Crippen LogP contribution in [0.2, 0.25) is 0 Å². The largest absolute Gasteiger partial charge is 0.307 e. The molecule has 13 aromatic rings. The SMILES string of the molecule is N#Cc1ccc(-n2c3ccccc3c3cc4c(cc32)C(c2ccccc2)(c2ccccc2)c2ccccc2-4)c(-n2c3ccccc3c3cc4c(cc32)C(c2ccccc2)(c2ccccc2)c2ccccc2-4)c1C#N. The number of fused-ring (bicyclic) bond motifs is 12. The molecule has 0 unspecified atom stereocenters. The highest BCUT2D eigenvalue weighted by molar-refractivity contribution is 6.15. The molecule has 0 bridgehead atoms. The van der Waals surface area contributed by atoms with Gasteiger partial charge in [-0.05, 0) is 115 Å². The zero-order valence-electron chi connectivity index (χ0n) is 40.0. The molecule has 0 amide bonds. The molecule has 74 heavy (non-hydrogen) atoms. The van der Waals surface area contributed by atoms with Crippen LogP contribution in [0.1, 0.15) is 55.6 Å². The lowest BCUT2D eigenvalue weighted by Gasteiger charge is -2.34. The maximum atomic E-state index is 11.6. The third kappa shape index (κ3) is 5.38. The number of aromatic nitrogens is 2. The summed E-state index contributed by atoms with van der Waals surface area (Å²) in [7, 11) is 0. The van der Waals surface area contributed by atoms with Crippen molar-refractivity contribution in [3.05, 3.63) is 310 Å². The number of rotatable bonds is 6. The van der Waals surface area contributed by atoms with Crippen molar-refractivity contribution in [3.8, 4) is 45.8 Å². The van der Waals surface area contributed by atoms with Gasteiger partial charge in [0.1, 0.15) is 12.1 Å². The van der Waals surface area contributed by atoms with Crippen LogP contribution in [0.15, 0.2) is 255 Å². The molecule has 0 fully saturated rings. The first-order valence-corrected chi connectivity index (χ1v) is 25.2. The van der Waals surface area contributed by atoms with Gasteiger partial charge < -0.3 is 9.13 Å². The second-order valence-electron chi connectivity index (χ2n) is 19.7. The van der Waals surface area contributed by atoms with Crippen molar-refractivity contribution in [1.82, 2.24) is 9.13 Å². The molecular formula is C70H42N4. The first-order valence-electron chi connectivity index (χ1n) is 25.2. The first-order chi connectivity index (χ1) is 36.7. The van der Waals surface area contributed by atoms with Crippen LogP contribution in [0.3, 0.4) is 0 Å². The average molecular weight is 939 g/mol. The molecular weight excluding hydrogens is 897 g/mol. The first kappa shape index (κ1) is 41.8. The van der Waals surface area contributed by atoms with Crippen molar-refractivity contribution in [2.24, 2.45) is 0 Å². The standard InChI is InChI=1S/C70H42N4/c71-43-45-37-38-65(73-63-35-19-15-31-52(63)56-39-54-50-29-13-17-33-59(50)69(61(54)41-66(56)73,46-21-5-1-6-22-46)47-23-7-2-8-24-47)68(58(45)44-72)74-64-36-20-16-32-53(64)57-40-55-51-30-14-18-34-60(51)70(62(55)42-67(57)74,48-25-9-3-10-26-48)49-27-11-4-12-28-49/h1-42H. The zero-order chi connectivity index (χ0) is 49.1. The Hall–Kier alpha value is -10.0. The van der Waals surface area contributed by atoms with E-state index in [1.54, 1.807) is 0 Å². The van der Waals surface area contributed by atoms with E-state index in [0.717, 1.165) is 54.9 Å². The summed E-state index contributed by atoms with van der Waals surface area (Å²) in [6.45, 7) is 0. The van der Waals surface area contributed by atoms with Gasteiger partial charge in [0.05, 0.1) is 55.4 Å². The molecule has 0 saturated heterocycles. The van der Waals surface area contributed by atoms with E-state index in [4.69, 9.17) is 0 Å². The molecule has 0 aliphatic heterocycles. The highest BCUT2D eigenvalue weighted by Crippen LogP contribution is 2.59. The van der Waals surface area contributed by atoms with Crippen LogP contribution < -0.4 is 0 Å². The van der Waals surface area contributed by atoms with Gasteiger partial charge in [0.15, 0.2) is 0 Å². The Morgan fingerprint density at radius 2 is 0.689 bits per heavy atom. The molecule has 2 aromatic heterocycles. The Bertz CT molecular complexity index is 4470. The van der Waals surface area contributed by atoms with Gasteiger partial charge in [0.25, 0.3) is 0 Å². The summed E-state index contributed by atoms with van der Waals surface area (Å²) in [4.78, 5) is 0. The van der Waals surface area contributed by atoms with Crippen molar-refractivity contribution >= 4 is 43.6 Å². The summed E-state index contributed by atoms with van der Waals surface area (Å²) in [5, 5.41) is 26.9. The summed E-state index contributed by atoms with van der Waals surface area (Å²) < 4.78 is 4.64. The lowest BCUT2D eigenvalue weighted by Crippen LogP contribution is -2.28. The van der Waals surface area contributed by atoms with Gasteiger partial charge in [-0.25, -0.2) is 0 Å². The smallest absolute Gasteiger partial charge is 0.103 e. The summed E-state index contributed by atoms with van der Waals surface area (Å²) in [6.07, 6.45) is 0. The summed E-state index contributed by atoms with van der Waals surface area (Å²) in [5.41, 5.74) is 19.0. The van der Waals surface area contributed by atoms with Crippen LogP contribution in [-0.2, 0) is 10.8 Å². The minimum absolute atomic E-state index is 0.316.